The smallest absolute Gasteiger partial charge is 0.266 e. The maximum Gasteiger partial charge on any atom is 0.266 e. The number of ether oxygens (including phenoxy) is 1. The van der Waals surface area contributed by atoms with Crippen molar-refractivity contribution in [3.05, 3.63) is 72.6 Å². The number of aryl methyl sites for hydroxylation is 1. The molecule has 28 heavy (non-hydrogen) atoms. The lowest BCUT2D eigenvalue weighted by Gasteiger charge is -2.20. The van der Waals surface area contributed by atoms with Crippen LogP contribution in [0.2, 0.25) is 0 Å². The van der Waals surface area contributed by atoms with Crippen LogP contribution in [0.4, 0.5) is 5.13 Å². The topological polar surface area (TPSA) is 60.2 Å². The van der Waals surface area contributed by atoms with Crippen molar-refractivity contribution >= 4 is 32.6 Å². The number of para-hydroxylation sites is 1. The average molecular weight is 392 g/mol. The van der Waals surface area contributed by atoms with Crippen LogP contribution in [0.1, 0.15) is 5.56 Å². The van der Waals surface area contributed by atoms with Gasteiger partial charge in [0.1, 0.15) is 5.75 Å². The maximum absolute atomic E-state index is 13.0. The monoisotopic (exact) mass is 392 g/mol. The highest BCUT2D eigenvalue weighted by molar-refractivity contribution is 7.22. The fourth-order valence-corrected chi connectivity index (χ4v) is 3.80. The number of aromatic nitrogens is 3. The Hall–Kier alpha value is -3.19. The second-order valence-corrected chi connectivity index (χ2v) is 7.39. The van der Waals surface area contributed by atoms with Gasteiger partial charge in [-0.25, -0.2) is 4.98 Å². The number of benzene rings is 2. The predicted molar refractivity (Wildman–Crippen MR) is 111 cm³/mol. The molecule has 0 radical (unpaired) electrons. The molecule has 0 fully saturated rings. The molecule has 0 atom stereocenters. The fraction of sp³-hybridized carbons (Fsp3) is 0.190. The normalized spacial score (nSPS) is 10.9. The van der Waals surface area contributed by atoms with Crippen molar-refractivity contribution in [2.75, 3.05) is 18.1 Å². The Bertz CT molecular complexity index is 1020. The zero-order chi connectivity index (χ0) is 19.3. The molecule has 1 amide bonds. The summed E-state index contributed by atoms with van der Waals surface area (Å²) in [6, 6.07) is 17.4. The van der Waals surface area contributed by atoms with Crippen LogP contribution in [0.5, 0.6) is 5.75 Å². The molecule has 2 aromatic carbocycles. The van der Waals surface area contributed by atoms with Crippen molar-refractivity contribution in [2.24, 2.45) is 0 Å². The number of hydrogen-bond donors (Lipinski definition) is 0. The number of nitrogens with zero attached hydrogens (tertiary/aromatic N) is 4. The first kappa shape index (κ1) is 18.2. The zero-order valence-electron chi connectivity index (χ0n) is 15.5. The molecule has 2 heterocycles. The van der Waals surface area contributed by atoms with Crippen LogP contribution in [0, 0.1) is 6.92 Å². The Kier molecular flexibility index (Phi) is 5.34. The Balaban J connectivity index is 1.52. The molecule has 0 aliphatic rings. The van der Waals surface area contributed by atoms with Gasteiger partial charge < -0.3 is 4.74 Å². The van der Waals surface area contributed by atoms with Gasteiger partial charge in [-0.3, -0.25) is 14.4 Å². The molecule has 0 bridgehead atoms. The Labute approximate surface area is 167 Å². The summed E-state index contributed by atoms with van der Waals surface area (Å²) >= 11 is 1.50. The van der Waals surface area contributed by atoms with Gasteiger partial charge in [-0.1, -0.05) is 41.2 Å². The van der Waals surface area contributed by atoms with E-state index in [9.17, 15) is 4.79 Å². The molecule has 0 spiro atoms. The number of amides is 1. The van der Waals surface area contributed by atoms with Crippen molar-refractivity contribution < 1.29 is 9.53 Å². The fourth-order valence-electron chi connectivity index (χ4n) is 2.80. The number of anilines is 1. The third-order valence-corrected chi connectivity index (χ3v) is 5.37. The van der Waals surface area contributed by atoms with Crippen molar-refractivity contribution in [2.45, 2.75) is 13.5 Å². The number of thiazole rings is 1. The van der Waals surface area contributed by atoms with Crippen LogP contribution in [0.25, 0.3) is 10.2 Å². The molecule has 4 rings (SSSR count). The van der Waals surface area contributed by atoms with Gasteiger partial charge in [0.25, 0.3) is 5.91 Å². The van der Waals surface area contributed by atoms with Gasteiger partial charge in [-0.05, 0) is 37.3 Å². The third-order valence-electron chi connectivity index (χ3n) is 4.31. The second-order valence-electron chi connectivity index (χ2n) is 6.38. The summed E-state index contributed by atoms with van der Waals surface area (Å²) in [6.45, 7) is 3.02. The Morgan fingerprint density at radius 1 is 1.14 bits per heavy atom. The lowest BCUT2D eigenvalue weighted by molar-refractivity contribution is -0.120. The number of hydrogen-bond acceptors (Lipinski definition) is 5. The average Bonchev–Trinajstić information content (AvgIpc) is 3.37. The quantitative estimate of drug-likeness (QED) is 0.478. The molecule has 0 unspecified atom stereocenters. The third kappa shape index (κ3) is 4.20. The Morgan fingerprint density at radius 3 is 2.71 bits per heavy atom. The van der Waals surface area contributed by atoms with Crippen molar-refractivity contribution in [3.8, 4) is 5.75 Å². The van der Waals surface area contributed by atoms with E-state index in [2.05, 4.69) is 10.1 Å². The SMILES string of the molecule is Cc1ccc(OCC(=O)N(CCn2cccn2)c2nc3ccccc3s2)cc1. The van der Waals surface area contributed by atoms with E-state index in [4.69, 9.17) is 4.74 Å². The summed E-state index contributed by atoms with van der Waals surface area (Å²) in [7, 11) is 0. The lowest BCUT2D eigenvalue weighted by Crippen LogP contribution is -2.37. The van der Waals surface area contributed by atoms with Crippen molar-refractivity contribution in [1.29, 1.82) is 0 Å². The summed E-state index contributed by atoms with van der Waals surface area (Å²) in [5, 5.41) is 4.89. The zero-order valence-corrected chi connectivity index (χ0v) is 16.3. The molecule has 4 aromatic rings. The van der Waals surface area contributed by atoms with Crippen LogP contribution in [0.3, 0.4) is 0 Å². The molecule has 142 valence electrons. The van der Waals surface area contributed by atoms with E-state index < -0.39 is 0 Å². The van der Waals surface area contributed by atoms with Gasteiger partial charge >= 0.3 is 0 Å². The van der Waals surface area contributed by atoms with E-state index >= 15 is 0 Å². The van der Waals surface area contributed by atoms with Crippen molar-refractivity contribution in [1.82, 2.24) is 14.8 Å². The number of carbonyl (C=O) groups excluding carboxylic acids is 1. The van der Waals surface area contributed by atoms with Crippen LogP contribution in [-0.2, 0) is 11.3 Å². The molecule has 0 saturated carbocycles. The van der Waals surface area contributed by atoms with Gasteiger partial charge in [0.2, 0.25) is 0 Å². The molecular weight excluding hydrogens is 372 g/mol. The van der Waals surface area contributed by atoms with E-state index in [1.807, 2.05) is 67.7 Å². The van der Waals surface area contributed by atoms with Crippen LogP contribution in [0.15, 0.2) is 67.0 Å². The van der Waals surface area contributed by atoms with Gasteiger partial charge in [-0.15, -0.1) is 0 Å². The molecule has 0 N–H and O–H groups in total. The summed E-state index contributed by atoms with van der Waals surface area (Å²) in [5.74, 6) is 0.544. The molecule has 2 aromatic heterocycles. The van der Waals surface area contributed by atoms with Gasteiger partial charge in [0, 0.05) is 18.9 Å². The summed E-state index contributed by atoms with van der Waals surface area (Å²) in [6.07, 6.45) is 3.61. The number of carbonyl (C=O) groups is 1. The van der Waals surface area contributed by atoms with Crippen LogP contribution < -0.4 is 9.64 Å². The lowest BCUT2D eigenvalue weighted by atomic mass is 10.2. The van der Waals surface area contributed by atoms with Gasteiger partial charge in [-0.2, -0.15) is 5.10 Å². The van der Waals surface area contributed by atoms with Crippen molar-refractivity contribution in [3.63, 3.8) is 0 Å². The van der Waals surface area contributed by atoms with E-state index in [-0.39, 0.29) is 12.5 Å². The maximum atomic E-state index is 13.0. The van der Waals surface area contributed by atoms with E-state index in [0.717, 1.165) is 15.8 Å². The minimum Gasteiger partial charge on any atom is -0.484 e. The highest BCUT2D eigenvalue weighted by Gasteiger charge is 2.20. The predicted octanol–water partition coefficient (Wildman–Crippen LogP) is 3.91. The molecule has 7 heteroatoms. The van der Waals surface area contributed by atoms with E-state index in [1.54, 1.807) is 15.8 Å². The molecule has 0 saturated heterocycles. The molecule has 6 nitrogen and oxygen atoms in total. The van der Waals surface area contributed by atoms with E-state index in [1.165, 1.54) is 11.3 Å². The second kappa shape index (κ2) is 8.22. The van der Waals surface area contributed by atoms with Crippen LogP contribution in [-0.4, -0.2) is 33.8 Å². The first-order valence-electron chi connectivity index (χ1n) is 9.02. The minimum absolute atomic E-state index is 0.0436. The summed E-state index contributed by atoms with van der Waals surface area (Å²) in [5.41, 5.74) is 2.04. The summed E-state index contributed by atoms with van der Waals surface area (Å²) < 4.78 is 8.55. The van der Waals surface area contributed by atoms with Gasteiger partial charge in [0.05, 0.1) is 16.8 Å². The highest BCUT2D eigenvalue weighted by Crippen LogP contribution is 2.28. The number of fused-ring (bicyclic) bond motifs is 1. The number of rotatable bonds is 7. The van der Waals surface area contributed by atoms with Gasteiger partial charge in [0.15, 0.2) is 11.7 Å². The molecule has 0 aliphatic heterocycles. The standard InChI is InChI=1S/C21H20N4O2S/c1-16-7-9-17(10-8-16)27-15-20(26)25(14-13-24-12-4-11-22-24)21-23-18-5-2-3-6-19(18)28-21/h2-12H,13-15H2,1H3. The highest BCUT2D eigenvalue weighted by atomic mass is 32.1. The largest absolute Gasteiger partial charge is 0.484 e. The molecular formula is C21H20N4O2S. The first-order chi connectivity index (χ1) is 13.7. The first-order valence-corrected chi connectivity index (χ1v) is 9.83. The summed E-state index contributed by atoms with van der Waals surface area (Å²) in [4.78, 5) is 19.3. The molecule has 0 aliphatic carbocycles. The van der Waals surface area contributed by atoms with E-state index in [0.29, 0.717) is 24.0 Å². The Morgan fingerprint density at radius 2 is 1.96 bits per heavy atom. The van der Waals surface area contributed by atoms with Crippen LogP contribution >= 0.6 is 11.3 Å². The minimum atomic E-state index is -0.133.